The van der Waals surface area contributed by atoms with Gasteiger partial charge in [0.15, 0.2) is 0 Å². The van der Waals surface area contributed by atoms with Crippen LogP contribution in [0.1, 0.15) is 51.2 Å². The molecule has 5 amide bonds. The highest BCUT2D eigenvalue weighted by molar-refractivity contribution is 5.94. The molecule has 1 fully saturated rings. The molecule has 0 radical (unpaired) electrons. The van der Waals surface area contributed by atoms with Crippen molar-refractivity contribution in [2.75, 3.05) is 39.3 Å². The van der Waals surface area contributed by atoms with E-state index in [-0.39, 0.29) is 43.0 Å². The summed E-state index contributed by atoms with van der Waals surface area (Å²) in [4.78, 5) is 70.1. The number of nitrogens with zero attached hydrogens (tertiary/aromatic N) is 2. The van der Waals surface area contributed by atoms with E-state index in [4.69, 9.17) is 4.74 Å². The number of rotatable bonds is 5. The largest absolute Gasteiger partial charge is 0.492 e. The van der Waals surface area contributed by atoms with Gasteiger partial charge in [-0.15, -0.1) is 0 Å². The zero-order valence-corrected chi connectivity index (χ0v) is 27.6. The Morgan fingerprint density at radius 2 is 1.60 bits per heavy atom. The molecule has 0 unspecified atom stereocenters. The van der Waals surface area contributed by atoms with Gasteiger partial charge < -0.3 is 30.9 Å². The van der Waals surface area contributed by atoms with E-state index in [0.29, 0.717) is 52.2 Å². The minimum Gasteiger partial charge on any atom is -0.492 e. The van der Waals surface area contributed by atoms with Gasteiger partial charge in [0.05, 0.1) is 6.54 Å². The lowest BCUT2D eigenvalue weighted by molar-refractivity contribution is -0.134. The van der Waals surface area contributed by atoms with Gasteiger partial charge in [-0.2, -0.15) is 0 Å². The number of amides is 5. The van der Waals surface area contributed by atoms with Crippen molar-refractivity contribution in [3.8, 4) is 5.75 Å². The van der Waals surface area contributed by atoms with Crippen LogP contribution in [0.15, 0.2) is 54.6 Å². The molecule has 2 heterocycles. The first kappa shape index (κ1) is 35.4. The molecule has 4 N–H and O–H groups in total. The van der Waals surface area contributed by atoms with E-state index in [0.717, 1.165) is 16.9 Å². The Kier molecular flexibility index (Phi) is 13.2. The lowest BCUT2D eigenvalue weighted by Gasteiger charge is -2.28. The second-order valence-corrected chi connectivity index (χ2v) is 12.6. The number of ether oxygens (including phenoxy) is 1. The van der Waals surface area contributed by atoms with Gasteiger partial charge in [-0.25, -0.2) is 0 Å². The van der Waals surface area contributed by atoms with Gasteiger partial charge in [-0.1, -0.05) is 62.4 Å². The summed E-state index contributed by atoms with van der Waals surface area (Å²) in [5.41, 5.74) is 1.87. The van der Waals surface area contributed by atoms with E-state index in [1.54, 1.807) is 11.8 Å². The average molecular weight is 649 g/mol. The van der Waals surface area contributed by atoms with Crippen molar-refractivity contribution in [3.05, 3.63) is 65.7 Å². The van der Waals surface area contributed by atoms with Crippen LogP contribution in [-0.4, -0.2) is 96.8 Å². The van der Waals surface area contributed by atoms with Gasteiger partial charge >= 0.3 is 0 Å². The van der Waals surface area contributed by atoms with Crippen LogP contribution in [0.4, 0.5) is 0 Å². The van der Waals surface area contributed by atoms with E-state index in [9.17, 15) is 24.0 Å². The van der Waals surface area contributed by atoms with Gasteiger partial charge in [0.2, 0.25) is 29.5 Å². The normalized spacial score (nSPS) is 22.7. The number of nitrogens with one attached hydrogen (secondary N) is 4. The first-order chi connectivity index (χ1) is 22.6. The first-order valence-electron chi connectivity index (χ1n) is 16.5. The molecular formula is C35H48N6O6. The molecule has 3 atom stereocenters. The molecule has 2 aromatic rings. The van der Waals surface area contributed by atoms with E-state index in [2.05, 4.69) is 26.2 Å². The summed E-state index contributed by atoms with van der Waals surface area (Å²) < 4.78 is 5.86. The minimum absolute atomic E-state index is 0.0758. The van der Waals surface area contributed by atoms with Crippen molar-refractivity contribution in [1.82, 2.24) is 31.1 Å². The van der Waals surface area contributed by atoms with Gasteiger partial charge in [0.1, 0.15) is 30.5 Å². The third-order valence-corrected chi connectivity index (χ3v) is 8.41. The van der Waals surface area contributed by atoms with Crippen LogP contribution in [0.25, 0.3) is 0 Å². The monoisotopic (exact) mass is 648 g/mol. The highest BCUT2D eigenvalue weighted by Gasteiger charge is 2.29. The molecule has 4 rings (SSSR count). The second-order valence-electron chi connectivity index (χ2n) is 12.6. The summed E-state index contributed by atoms with van der Waals surface area (Å²) in [6.45, 7) is 8.09. The van der Waals surface area contributed by atoms with Crippen molar-refractivity contribution in [2.45, 2.75) is 71.1 Å². The number of hydrogen-bond donors (Lipinski definition) is 4. The summed E-state index contributed by atoms with van der Waals surface area (Å²) in [5.74, 6) is -1.12. The van der Waals surface area contributed by atoms with Gasteiger partial charge in [-0.3, -0.25) is 28.9 Å². The van der Waals surface area contributed by atoms with Crippen molar-refractivity contribution >= 4 is 29.5 Å². The van der Waals surface area contributed by atoms with Crippen LogP contribution in [0.5, 0.6) is 5.75 Å². The smallest absolute Gasteiger partial charge is 0.243 e. The van der Waals surface area contributed by atoms with Crippen LogP contribution in [0, 0.1) is 5.92 Å². The summed E-state index contributed by atoms with van der Waals surface area (Å²) >= 11 is 0. The van der Waals surface area contributed by atoms with Crippen LogP contribution < -0.4 is 26.0 Å². The second kappa shape index (κ2) is 17.5. The summed E-state index contributed by atoms with van der Waals surface area (Å²) in [7, 11) is 0. The maximum Gasteiger partial charge on any atom is 0.243 e. The fourth-order valence-corrected chi connectivity index (χ4v) is 5.71. The molecule has 1 saturated heterocycles. The number of para-hydroxylation sites is 1. The third kappa shape index (κ3) is 10.8. The van der Waals surface area contributed by atoms with Gasteiger partial charge in [-0.05, 0) is 37.3 Å². The first-order valence-corrected chi connectivity index (χ1v) is 16.5. The number of carbonyl (C=O) groups excluding carboxylic acids is 5. The maximum atomic E-state index is 13.6. The molecule has 12 nitrogen and oxygen atoms in total. The Hall–Kier alpha value is -4.45. The predicted octanol–water partition coefficient (Wildman–Crippen LogP) is 1.38. The van der Waals surface area contributed by atoms with Gasteiger partial charge in [0.25, 0.3) is 0 Å². The maximum absolute atomic E-state index is 13.6. The molecule has 0 saturated carbocycles. The predicted molar refractivity (Wildman–Crippen MR) is 177 cm³/mol. The molecule has 0 bridgehead atoms. The van der Waals surface area contributed by atoms with Gasteiger partial charge in [0, 0.05) is 51.1 Å². The Balaban J connectivity index is 1.48. The van der Waals surface area contributed by atoms with Crippen molar-refractivity contribution in [1.29, 1.82) is 0 Å². The van der Waals surface area contributed by atoms with Crippen molar-refractivity contribution in [2.24, 2.45) is 5.92 Å². The number of hydrogen-bond acceptors (Lipinski definition) is 7. The standard InChI is InChI=1S/C35H48N6O6/c1-24(2)32-35(46)36-16-10-18-41(31(43)23-40-19-20-47-29-14-8-7-13-27(29)22-40)17-9-15-30(42)38-28(21-26-11-5-4-6-12-26)34(45)37-25(3)33(44)39-32/h4-8,11-14,24-25,28,32H,9-10,15-23H2,1-3H3,(H,36,46)(H,37,45)(H,38,42)(H,39,44)/t25-,28+,32-/m1/s1. The Morgan fingerprint density at radius 1 is 0.872 bits per heavy atom. The Bertz CT molecular complexity index is 1390. The van der Waals surface area contributed by atoms with E-state index in [1.165, 1.54) is 0 Å². The fourth-order valence-electron chi connectivity index (χ4n) is 5.71. The van der Waals surface area contributed by atoms with Crippen molar-refractivity contribution in [3.63, 3.8) is 0 Å². The molecule has 0 aliphatic carbocycles. The number of benzene rings is 2. The van der Waals surface area contributed by atoms with Crippen LogP contribution in [0.2, 0.25) is 0 Å². The zero-order valence-electron chi connectivity index (χ0n) is 27.6. The summed E-state index contributed by atoms with van der Waals surface area (Å²) in [6.07, 6.45) is 1.23. The van der Waals surface area contributed by atoms with Crippen LogP contribution >= 0.6 is 0 Å². The average Bonchev–Trinajstić information content (AvgIpc) is 3.25. The molecule has 47 heavy (non-hydrogen) atoms. The molecule has 2 aromatic carbocycles. The van der Waals surface area contributed by atoms with Crippen LogP contribution in [-0.2, 0) is 36.9 Å². The van der Waals surface area contributed by atoms with E-state index >= 15 is 0 Å². The van der Waals surface area contributed by atoms with E-state index < -0.39 is 29.9 Å². The number of carbonyl (C=O) groups is 5. The highest BCUT2D eigenvalue weighted by Crippen LogP contribution is 2.22. The fraction of sp³-hybridized carbons (Fsp3) is 0.514. The SMILES string of the molecule is CC(C)[C@H]1NC(=O)[C@@H](C)NC(=O)[C@H](Cc2ccccc2)NC(=O)CCCN(C(=O)CN2CCOc3ccccc3C2)CCCNC1=O. The summed E-state index contributed by atoms with van der Waals surface area (Å²) in [6, 6.07) is 14.4. The third-order valence-electron chi connectivity index (χ3n) is 8.41. The lowest BCUT2D eigenvalue weighted by Crippen LogP contribution is -2.57. The summed E-state index contributed by atoms with van der Waals surface area (Å²) in [5, 5.41) is 11.2. The molecule has 0 aromatic heterocycles. The lowest BCUT2D eigenvalue weighted by atomic mass is 10.0. The Morgan fingerprint density at radius 3 is 2.36 bits per heavy atom. The van der Waals surface area contributed by atoms with Crippen LogP contribution in [0.3, 0.4) is 0 Å². The zero-order chi connectivity index (χ0) is 33.8. The quantitative estimate of drug-likeness (QED) is 0.383. The highest BCUT2D eigenvalue weighted by atomic mass is 16.5. The molecule has 2 aliphatic heterocycles. The number of fused-ring (bicyclic) bond motifs is 1. The minimum atomic E-state index is -0.936. The molecule has 0 spiro atoms. The topological polar surface area (TPSA) is 149 Å². The molecule has 12 heteroatoms. The Labute approximate surface area is 277 Å². The van der Waals surface area contributed by atoms with Crippen molar-refractivity contribution < 1.29 is 28.7 Å². The molecular weight excluding hydrogens is 600 g/mol. The molecule has 2 aliphatic rings. The van der Waals surface area contributed by atoms with E-state index in [1.807, 2.05) is 68.4 Å². The molecule has 254 valence electrons.